The van der Waals surface area contributed by atoms with Crippen molar-refractivity contribution < 1.29 is 28.7 Å². The van der Waals surface area contributed by atoms with Gasteiger partial charge >= 0.3 is 12.1 Å². The summed E-state index contributed by atoms with van der Waals surface area (Å²) in [5.41, 5.74) is 6.39. The summed E-state index contributed by atoms with van der Waals surface area (Å²) in [6.45, 7) is 1.83. The first-order valence-corrected chi connectivity index (χ1v) is 10.6. The van der Waals surface area contributed by atoms with Gasteiger partial charge < -0.3 is 25.4 Å². The molecular weight excluding hydrogens is 402 g/mol. The van der Waals surface area contributed by atoms with Crippen LogP contribution >= 0.6 is 0 Å². The molecule has 9 heteroatoms. The fourth-order valence-corrected chi connectivity index (χ4v) is 3.49. The lowest BCUT2D eigenvalue weighted by Gasteiger charge is -2.28. The number of likely N-dealkylation sites (tertiary alicyclic amines) is 1. The Bertz CT molecular complexity index is 755. The number of esters is 1. The Balaban J connectivity index is 1.99. The number of alkyl carbamates (subject to hydrolysis) is 1. The minimum atomic E-state index is -0.822. The van der Waals surface area contributed by atoms with Crippen molar-refractivity contribution in [3.63, 3.8) is 0 Å². The van der Waals surface area contributed by atoms with Gasteiger partial charge in [0.15, 0.2) is 12.4 Å². The first-order chi connectivity index (χ1) is 14.9. The average Bonchev–Trinajstić information content (AvgIpc) is 3.25. The molecule has 1 aliphatic rings. The molecule has 0 radical (unpaired) electrons. The monoisotopic (exact) mass is 433 g/mol. The highest BCUT2D eigenvalue weighted by molar-refractivity contribution is 5.93. The third-order valence-corrected chi connectivity index (χ3v) is 5.08. The number of carbonyl (C=O) groups excluding carboxylic acids is 4. The van der Waals surface area contributed by atoms with Crippen molar-refractivity contribution in [2.45, 2.75) is 57.7 Å². The number of rotatable bonds is 11. The SMILES string of the molecule is CC(=O)OCC(=O)[C@@H]1CCCN1C(=O)C(CCCCN)NC(=O)OCc1ccccc1. The number of ether oxygens (including phenoxy) is 2. The Morgan fingerprint density at radius 2 is 1.90 bits per heavy atom. The summed E-state index contributed by atoms with van der Waals surface area (Å²) in [4.78, 5) is 50.4. The van der Waals surface area contributed by atoms with Crippen molar-refractivity contribution in [3.05, 3.63) is 35.9 Å². The van der Waals surface area contributed by atoms with E-state index in [0.717, 1.165) is 5.56 Å². The van der Waals surface area contributed by atoms with Gasteiger partial charge in [0.05, 0.1) is 6.04 Å². The predicted molar refractivity (Wildman–Crippen MR) is 113 cm³/mol. The largest absolute Gasteiger partial charge is 0.458 e. The van der Waals surface area contributed by atoms with E-state index in [4.69, 9.17) is 15.2 Å². The Morgan fingerprint density at radius 3 is 2.58 bits per heavy atom. The van der Waals surface area contributed by atoms with Crippen molar-refractivity contribution in [3.8, 4) is 0 Å². The molecule has 0 bridgehead atoms. The standard InChI is InChI=1S/C22H31N3O6/c1-16(26)30-15-20(27)19-11-7-13-25(19)21(28)18(10-5-6-12-23)24-22(29)31-14-17-8-3-2-4-9-17/h2-4,8-9,18-19H,5-7,10-15,23H2,1H3,(H,24,29)/t18?,19-/m0/s1. The van der Waals surface area contributed by atoms with Gasteiger partial charge in [0.1, 0.15) is 12.6 Å². The van der Waals surface area contributed by atoms with Gasteiger partial charge in [-0.2, -0.15) is 0 Å². The number of nitrogens with two attached hydrogens (primary N) is 1. The van der Waals surface area contributed by atoms with E-state index in [1.54, 1.807) is 0 Å². The van der Waals surface area contributed by atoms with Crippen LogP contribution in [0.3, 0.4) is 0 Å². The maximum Gasteiger partial charge on any atom is 0.408 e. The normalized spacial score (nSPS) is 16.5. The smallest absolute Gasteiger partial charge is 0.408 e. The molecule has 0 spiro atoms. The second kappa shape index (κ2) is 12.7. The molecule has 1 saturated heterocycles. The number of hydrogen-bond donors (Lipinski definition) is 2. The molecule has 1 aromatic carbocycles. The van der Waals surface area contributed by atoms with E-state index in [9.17, 15) is 19.2 Å². The van der Waals surface area contributed by atoms with Gasteiger partial charge in [-0.25, -0.2) is 4.79 Å². The molecule has 170 valence electrons. The van der Waals surface area contributed by atoms with E-state index >= 15 is 0 Å². The Kier molecular flexibility index (Phi) is 9.96. The molecule has 3 N–H and O–H groups in total. The van der Waals surface area contributed by atoms with Gasteiger partial charge in [-0.1, -0.05) is 30.3 Å². The van der Waals surface area contributed by atoms with Crippen LogP contribution in [-0.2, 0) is 30.5 Å². The minimum Gasteiger partial charge on any atom is -0.458 e. The topological polar surface area (TPSA) is 128 Å². The number of benzene rings is 1. The average molecular weight is 434 g/mol. The minimum absolute atomic E-state index is 0.0869. The van der Waals surface area contributed by atoms with Gasteiger partial charge in [0, 0.05) is 13.5 Å². The highest BCUT2D eigenvalue weighted by Gasteiger charge is 2.37. The van der Waals surface area contributed by atoms with E-state index in [1.807, 2.05) is 30.3 Å². The maximum absolute atomic E-state index is 13.2. The van der Waals surface area contributed by atoms with Gasteiger partial charge in [0.25, 0.3) is 0 Å². The quantitative estimate of drug-likeness (QED) is 0.400. The Hall–Kier alpha value is -2.94. The molecule has 1 aromatic rings. The van der Waals surface area contributed by atoms with Crippen LogP contribution in [0.1, 0.15) is 44.6 Å². The second-order valence-corrected chi connectivity index (χ2v) is 7.48. The summed E-state index contributed by atoms with van der Waals surface area (Å²) >= 11 is 0. The van der Waals surface area contributed by atoms with E-state index in [0.29, 0.717) is 45.2 Å². The second-order valence-electron chi connectivity index (χ2n) is 7.48. The molecule has 0 aliphatic carbocycles. The summed E-state index contributed by atoms with van der Waals surface area (Å²) in [5.74, 6) is -1.22. The van der Waals surface area contributed by atoms with Crippen molar-refractivity contribution >= 4 is 23.8 Å². The number of carbonyl (C=O) groups is 4. The van der Waals surface area contributed by atoms with E-state index in [1.165, 1.54) is 11.8 Å². The third kappa shape index (κ3) is 8.01. The number of hydrogen-bond acceptors (Lipinski definition) is 7. The first kappa shape index (κ1) is 24.3. The van der Waals surface area contributed by atoms with Gasteiger partial charge in [-0.3, -0.25) is 14.4 Å². The third-order valence-electron chi connectivity index (χ3n) is 5.08. The zero-order chi connectivity index (χ0) is 22.6. The molecule has 1 fully saturated rings. The number of nitrogens with zero attached hydrogens (tertiary/aromatic N) is 1. The Morgan fingerprint density at radius 1 is 1.16 bits per heavy atom. The predicted octanol–water partition coefficient (Wildman–Crippen LogP) is 1.53. The van der Waals surface area contributed by atoms with Crippen LogP contribution < -0.4 is 11.1 Å². The number of ketones is 1. The van der Waals surface area contributed by atoms with Crippen LogP contribution in [0.4, 0.5) is 4.79 Å². The molecule has 2 rings (SSSR count). The van der Waals surface area contributed by atoms with Crippen molar-refractivity contribution in [1.29, 1.82) is 0 Å². The van der Waals surface area contributed by atoms with Crippen molar-refractivity contribution in [2.75, 3.05) is 19.7 Å². The lowest BCUT2D eigenvalue weighted by atomic mass is 10.1. The van der Waals surface area contributed by atoms with E-state index < -0.39 is 24.1 Å². The van der Waals surface area contributed by atoms with Gasteiger partial charge in [-0.15, -0.1) is 0 Å². The molecule has 31 heavy (non-hydrogen) atoms. The highest BCUT2D eigenvalue weighted by atomic mass is 16.5. The number of amides is 2. The summed E-state index contributed by atoms with van der Waals surface area (Å²) in [6, 6.07) is 7.74. The van der Waals surface area contributed by atoms with Gasteiger partial charge in [-0.05, 0) is 44.2 Å². The van der Waals surface area contributed by atoms with E-state index in [-0.39, 0.29) is 24.9 Å². The highest BCUT2D eigenvalue weighted by Crippen LogP contribution is 2.21. The van der Waals surface area contributed by atoms with Crippen LogP contribution in [0.5, 0.6) is 0 Å². The van der Waals surface area contributed by atoms with Crippen LogP contribution in [-0.4, -0.2) is 60.4 Å². The van der Waals surface area contributed by atoms with E-state index in [2.05, 4.69) is 5.32 Å². The molecule has 1 heterocycles. The lowest BCUT2D eigenvalue weighted by molar-refractivity contribution is -0.148. The van der Waals surface area contributed by atoms with Crippen molar-refractivity contribution in [1.82, 2.24) is 10.2 Å². The van der Waals surface area contributed by atoms with Crippen LogP contribution in [0.25, 0.3) is 0 Å². The summed E-state index contributed by atoms with van der Waals surface area (Å²) in [6.07, 6.45) is 2.20. The fourth-order valence-electron chi connectivity index (χ4n) is 3.49. The summed E-state index contributed by atoms with van der Waals surface area (Å²) < 4.78 is 10.0. The van der Waals surface area contributed by atoms with Crippen LogP contribution in [0, 0.1) is 0 Å². The molecule has 0 saturated carbocycles. The summed E-state index contributed by atoms with van der Waals surface area (Å²) in [5, 5.41) is 2.64. The summed E-state index contributed by atoms with van der Waals surface area (Å²) in [7, 11) is 0. The maximum atomic E-state index is 13.2. The lowest BCUT2D eigenvalue weighted by Crippen LogP contribution is -2.52. The molecule has 2 atom stereocenters. The molecule has 2 amide bonds. The molecule has 1 unspecified atom stereocenters. The molecule has 9 nitrogen and oxygen atoms in total. The van der Waals surface area contributed by atoms with Gasteiger partial charge in [0.2, 0.25) is 5.91 Å². The number of unbranched alkanes of at least 4 members (excludes halogenated alkanes) is 1. The fraction of sp³-hybridized carbons (Fsp3) is 0.545. The Labute approximate surface area is 182 Å². The number of Topliss-reactive ketones (excluding diaryl/α,β-unsaturated/α-hetero) is 1. The zero-order valence-corrected chi connectivity index (χ0v) is 17.9. The molecule has 0 aromatic heterocycles. The van der Waals surface area contributed by atoms with Crippen LogP contribution in [0.15, 0.2) is 30.3 Å². The van der Waals surface area contributed by atoms with Crippen molar-refractivity contribution in [2.24, 2.45) is 5.73 Å². The number of nitrogens with one attached hydrogen (secondary N) is 1. The first-order valence-electron chi connectivity index (χ1n) is 10.6. The van der Waals surface area contributed by atoms with Crippen LogP contribution in [0.2, 0.25) is 0 Å². The molecule has 1 aliphatic heterocycles. The molecular formula is C22H31N3O6. The zero-order valence-electron chi connectivity index (χ0n) is 17.9.